The second kappa shape index (κ2) is 3.56. The van der Waals surface area contributed by atoms with Crippen LogP contribution in [0.1, 0.15) is 28.4 Å². The highest BCUT2D eigenvalue weighted by Gasteiger charge is 2.35. The number of carbonyl (C=O) groups excluding carboxylic acids is 1. The van der Waals surface area contributed by atoms with Gasteiger partial charge >= 0.3 is 6.18 Å². The lowest BCUT2D eigenvalue weighted by molar-refractivity contribution is -0.138. The van der Waals surface area contributed by atoms with Crippen molar-refractivity contribution in [2.45, 2.75) is 20.0 Å². The highest BCUT2D eigenvalue weighted by molar-refractivity contribution is 5.97. The Labute approximate surface area is 84.3 Å². The molecule has 0 fully saturated rings. The minimum atomic E-state index is -4.63. The van der Waals surface area contributed by atoms with Gasteiger partial charge in [0.05, 0.1) is 5.56 Å². The van der Waals surface area contributed by atoms with Crippen molar-refractivity contribution in [2.24, 2.45) is 0 Å². The summed E-state index contributed by atoms with van der Waals surface area (Å²) in [6.07, 6.45) is -4.63. The summed E-state index contributed by atoms with van der Waals surface area (Å²) >= 11 is 0. The molecule has 15 heavy (non-hydrogen) atoms. The minimum Gasteiger partial charge on any atom is -0.508 e. The standard InChI is InChI=1S/C10H9F3O2/c1-5-3-7(15)4-8(10(11,12)13)9(5)6(2)14/h3-4,15H,1-2H3. The number of aromatic hydroxyl groups is 1. The zero-order valence-electron chi connectivity index (χ0n) is 8.14. The van der Waals surface area contributed by atoms with E-state index in [1.165, 1.54) is 6.92 Å². The average molecular weight is 218 g/mol. The molecule has 0 aromatic heterocycles. The largest absolute Gasteiger partial charge is 0.508 e. The van der Waals surface area contributed by atoms with E-state index in [2.05, 4.69) is 0 Å². The number of carbonyl (C=O) groups is 1. The Bertz CT molecular complexity index is 408. The monoisotopic (exact) mass is 218 g/mol. The Morgan fingerprint density at radius 2 is 1.87 bits per heavy atom. The topological polar surface area (TPSA) is 37.3 Å². The summed E-state index contributed by atoms with van der Waals surface area (Å²) in [5, 5.41) is 9.05. The maximum absolute atomic E-state index is 12.5. The molecule has 0 aliphatic rings. The maximum Gasteiger partial charge on any atom is 0.417 e. The third kappa shape index (κ3) is 2.29. The van der Waals surface area contributed by atoms with Gasteiger partial charge in [0, 0.05) is 5.56 Å². The molecule has 0 aliphatic heterocycles. The first-order valence-electron chi connectivity index (χ1n) is 4.15. The Hall–Kier alpha value is -1.52. The first-order valence-corrected chi connectivity index (χ1v) is 4.15. The average Bonchev–Trinajstić information content (AvgIpc) is 1.99. The highest BCUT2D eigenvalue weighted by atomic mass is 19.4. The quantitative estimate of drug-likeness (QED) is 0.736. The molecule has 1 N–H and O–H groups in total. The van der Waals surface area contributed by atoms with Crippen LogP contribution in [0.2, 0.25) is 0 Å². The van der Waals surface area contributed by atoms with Gasteiger partial charge in [0.2, 0.25) is 0 Å². The summed E-state index contributed by atoms with van der Waals surface area (Å²) in [6.45, 7) is 2.42. The van der Waals surface area contributed by atoms with Crippen LogP contribution in [0, 0.1) is 6.92 Å². The molecular weight excluding hydrogens is 209 g/mol. The fourth-order valence-electron chi connectivity index (χ4n) is 1.46. The molecule has 0 saturated carbocycles. The SMILES string of the molecule is CC(=O)c1c(C)cc(O)cc1C(F)(F)F. The molecule has 0 heterocycles. The van der Waals surface area contributed by atoms with Crippen molar-refractivity contribution in [3.05, 3.63) is 28.8 Å². The second-order valence-electron chi connectivity index (χ2n) is 3.24. The Balaban J connectivity index is 3.54. The highest BCUT2D eigenvalue weighted by Crippen LogP contribution is 2.35. The van der Waals surface area contributed by atoms with Gasteiger partial charge in [-0.05, 0) is 31.5 Å². The number of aryl methyl sites for hydroxylation is 1. The zero-order valence-corrected chi connectivity index (χ0v) is 8.14. The number of alkyl halides is 3. The van der Waals surface area contributed by atoms with Crippen molar-refractivity contribution < 1.29 is 23.1 Å². The predicted octanol–water partition coefficient (Wildman–Crippen LogP) is 2.92. The maximum atomic E-state index is 12.5. The number of ketones is 1. The van der Waals surface area contributed by atoms with Crippen LogP contribution in [-0.2, 0) is 6.18 Å². The third-order valence-electron chi connectivity index (χ3n) is 1.98. The van der Waals surface area contributed by atoms with Crippen LogP contribution in [0.4, 0.5) is 13.2 Å². The molecule has 0 radical (unpaired) electrons. The van der Waals surface area contributed by atoms with Gasteiger partial charge in [-0.1, -0.05) is 0 Å². The van der Waals surface area contributed by atoms with Crippen molar-refractivity contribution >= 4 is 5.78 Å². The number of phenolic OH excluding ortho intramolecular Hbond substituents is 1. The number of hydrogen-bond donors (Lipinski definition) is 1. The molecule has 0 amide bonds. The smallest absolute Gasteiger partial charge is 0.417 e. The molecule has 5 heteroatoms. The normalized spacial score (nSPS) is 11.5. The van der Waals surface area contributed by atoms with Crippen molar-refractivity contribution in [3.8, 4) is 5.75 Å². The molecule has 1 aromatic carbocycles. The summed E-state index contributed by atoms with van der Waals surface area (Å²) in [7, 11) is 0. The number of benzene rings is 1. The Morgan fingerprint density at radius 3 is 2.27 bits per heavy atom. The van der Waals surface area contributed by atoms with Crippen LogP contribution in [0.3, 0.4) is 0 Å². The van der Waals surface area contributed by atoms with Crippen LogP contribution in [-0.4, -0.2) is 10.9 Å². The molecule has 0 atom stereocenters. The summed E-state index contributed by atoms with van der Waals surface area (Å²) in [6, 6.07) is 1.69. The predicted molar refractivity (Wildman–Crippen MR) is 47.9 cm³/mol. The van der Waals surface area contributed by atoms with Crippen molar-refractivity contribution in [1.82, 2.24) is 0 Å². The first-order chi connectivity index (χ1) is 6.73. The van der Waals surface area contributed by atoms with Crippen LogP contribution in [0.25, 0.3) is 0 Å². The summed E-state index contributed by atoms with van der Waals surface area (Å²) in [4.78, 5) is 11.1. The van der Waals surface area contributed by atoms with E-state index < -0.39 is 23.3 Å². The fourth-order valence-corrected chi connectivity index (χ4v) is 1.46. The Kier molecular flexibility index (Phi) is 2.75. The summed E-state index contributed by atoms with van der Waals surface area (Å²) in [5.41, 5.74) is -1.36. The van der Waals surface area contributed by atoms with E-state index in [9.17, 15) is 18.0 Å². The number of halogens is 3. The molecule has 2 nitrogen and oxygen atoms in total. The second-order valence-corrected chi connectivity index (χ2v) is 3.24. The Morgan fingerprint density at radius 1 is 1.33 bits per heavy atom. The van der Waals surface area contributed by atoms with Crippen molar-refractivity contribution in [3.63, 3.8) is 0 Å². The summed E-state index contributed by atoms with van der Waals surface area (Å²) in [5.74, 6) is -1.16. The van der Waals surface area contributed by atoms with Gasteiger partial charge in [0.15, 0.2) is 5.78 Å². The van der Waals surface area contributed by atoms with Crippen LogP contribution < -0.4 is 0 Å². The fraction of sp³-hybridized carbons (Fsp3) is 0.300. The molecule has 1 aromatic rings. The van der Waals surface area contributed by atoms with Gasteiger partial charge in [-0.3, -0.25) is 4.79 Å². The van der Waals surface area contributed by atoms with E-state index in [0.717, 1.165) is 13.0 Å². The molecular formula is C10H9F3O2. The number of hydrogen-bond acceptors (Lipinski definition) is 2. The van der Waals surface area contributed by atoms with E-state index in [1.54, 1.807) is 0 Å². The zero-order chi connectivity index (χ0) is 11.8. The number of phenols is 1. The molecule has 0 unspecified atom stereocenters. The molecule has 0 spiro atoms. The molecule has 0 aliphatic carbocycles. The molecule has 0 saturated heterocycles. The number of Topliss-reactive ketones (excluding diaryl/α,β-unsaturated/α-hetero) is 1. The van der Waals surface area contributed by atoms with E-state index in [0.29, 0.717) is 6.07 Å². The van der Waals surface area contributed by atoms with E-state index in [4.69, 9.17) is 5.11 Å². The third-order valence-corrected chi connectivity index (χ3v) is 1.98. The van der Waals surface area contributed by atoms with Gasteiger partial charge in [0.1, 0.15) is 5.75 Å². The lowest BCUT2D eigenvalue weighted by Gasteiger charge is -2.13. The summed E-state index contributed by atoms with van der Waals surface area (Å²) < 4.78 is 37.5. The van der Waals surface area contributed by atoms with Crippen LogP contribution >= 0.6 is 0 Å². The van der Waals surface area contributed by atoms with Gasteiger partial charge in [0.25, 0.3) is 0 Å². The van der Waals surface area contributed by atoms with E-state index >= 15 is 0 Å². The lowest BCUT2D eigenvalue weighted by Crippen LogP contribution is -2.13. The van der Waals surface area contributed by atoms with E-state index in [-0.39, 0.29) is 11.1 Å². The van der Waals surface area contributed by atoms with Crippen LogP contribution in [0.5, 0.6) is 5.75 Å². The van der Waals surface area contributed by atoms with Crippen LogP contribution in [0.15, 0.2) is 12.1 Å². The first kappa shape index (κ1) is 11.6. The van der Waals surface area contributed by atoms with Crippen molar-refractivity contribution in [2.75, 3.05) is 0 Å². The van der Waals surface area contributed by atoms with Gasteiger partial charge < -0.3 is 5.11 Å². The number of rotatable bonds is 1. The molecule has 0 bridgehead atoms. The van der Waals surface area contributed by atoms with Gasteiger partial charge in [-0.25, -0.2) is 0 Å². The van der Waals surface area contributed by atoms with Gasteiger partial charge in [-0.2, -0.15) is 13.2 Å². The van der Waals surface area contributed by atoms with Gasteiger partial charge in [-0.15, -0.1) is 0 Å². The lowest BCUT2D eigenvalue weighted by atomic mass is 9.98. The minimum absolute atomic E-state index is 0.120. The molecule has 1 rings (SSSR count). The van der Waals surface area contributed by atoms with E-state index in [1.807, 2.05) is 0 Å². The van der Waals surface area contributed by atoms with Crippen molar-refractivity contribution in [1.29, 1.82) is 0 Å². The molecule has 82 valence electrons.